The Balaban J connectivity index is 2.63. The van der Waals surface area contributed by atoms with Crippen LogP contribution in [-0.2, 0) is 4.79 Å². The number of benzene rings is 1. The second-order valence-corrected chi connectivity index (χ2v) is 3.22. The lowest BCUT2D eigenvalue weighted by molar-refractivity contribution is -0.136. The van der Waals surface area contributed by atoms with Crippen molar-refractivity contribution in [1.82, 2.24) is 0 Å². The first-order valence-electron chi connectivity index (χ1n) is 4.85. The molecule has 0 bridgehead atoms. The molecule has 0 aliphatic carbocycles. The molecule has 0 fully saturated rings. The van der Waals surface area contributed by atoms with Crippen LogP contribution in [0.1, 0.15) is 18.4 Å². The van der Waals surface area contributed by atoms with E-state index in [1.165, 1.54) is 13.2 Å². The molecule has 86 valence electrons. The molecule has 0 radical (unpaired) electrons. The Morgan fingerprint density at radius 1 is 1.56 bits per heavy atom. The van der Waals surface area contributed by atoms with E-state index in [2.05, 4.69) is 0 Å². The number of halogens is 1. The van der Waals surface area contributed by atoms with Crippen molar-refractivity contribution in [3.63, 3.8) is 0 Å². The Morgan fingerprint density at radius 2 is 2.31 bits per heavy atom. The normalized spacial score (nSPS) is 10.6. The third-order valence-corrected chi connectivity index (χ3v) is 2.03. The van der Waals surface area contributed by atoms with Crippen LogP contribution in [-0.4, -0.2) is 18.2 Å². The molecule has 0 atom stereocenters. The topological polar surface area (TPSA) is 46.5 Å². The summed E-state index contributed by atoms with van der Waals surface area (Å²) in [6.07, 6.45) is 3.64. The fourth-order valence-corrected chi connectivity index (χ4v) is 1.19. The van der Waals surface area contributed by atoms with E-state index >= 15 is 0 Å². The summed E-state index contributed by atoms with van der Waals surface area (Å²) >= 11 is 0. The van der Waals surface area contributed by atoms with E-state index in [1.807, 2.05) is 0 Å². The van der Waals surface area contributed by atoms with E-state index < -0.39 is 5.97 Å². The fourth-order valence-electron chi connectivity index (χ4n) is 1.19. The number of hydrogen-bond acceptors (Lipinski definition) is 2. The van der Waals surface area contributed by atoms with Crippen molar-refractivity contribution >= 4 is 12.0 Å². The van der Waals surface area contributed by atoms with Crippen molar-refractivity contribution in [3.8, 4) is 5.75 Å². The lowest BCUT2D eigenvalue weighted by atomic mass is 10.1. The van der Waals surface area contributed by atoms with Crippen LogP contribution in [0.4, 0.5) is 4.39 Å². The van der Waals surface area contributed by atoms with Gasteiger partial charge in [0.15, 0.2) is 0 Å². The summed E-state index contributed by atoms with van der Waals surface area (Å²) < 4.78 is 18.2. The van der Waals surface area contributed by atoms with Gasteiger partial charge in [0.25, 0.3) is 0 Å². The minimum Gasteiger partial charge on any atom is -0.497 e. The Hall–Kier alpha value is -1.84. The van der Waals surface area contributed by atoms with Crippen molar-refractivity contribution < 1.29 is 19.0 Å². The van der Waals surface area contributed by atoms with Crippen molar-refractivity contribution in [2.45, 2.75) is 12.8 Å². The van der Waals surface area contributed by atoms with Gasteiger partial charge in [-0.15, -0.1) is 0 Å². The first kappa shape index (κ1) is 12.2. The van der Waals surface area contributed by atoms with E-state index in [0.717, 1.165) is 0 Å². The average Bonchev–Trinajstić information content (AvgIpc) is 2.25. The number of ether oxygens (including phenoxy) is 1. The molecule has 1 N–H and O–H groups in total. The highest BCUT2D eigenvalue weighted by Gasteiger charge is 2.00. The summed E-state index contributed by atoms with van der Waals surface area (Å²) in [5.41, 5.74) is 0.422. The Labute approximate surface area is 93.2 Å². The molecular weight excluding hydrogens is 211 g/mol. The quantitative estimate of drug-likeness (QED) is 0.836. The zero-order valence-corrected chi connectivity index (χ0v) is 8.94. The van der Waals surface area contributed by atoms with Crippen LogP contribution in [0.2, 0.25) is 0 Å². The molecule has 0 saturated carbocycles. The molecule has 0 aliphatic rings. The molecule has 1 aromatic carbocycles. The molecule has 1 aromatic rings. The van der Waals surface area contributed by atoms with Gasteiger partial charge in [-0.1, -0.05) is 12.2 Å². The molecule has 3 nitrogen and oxygen atoms in total. The summed E-state index contributed by atoms with van der Waals surface area (Å²) in [5.74, 6) is -0.786. The lowest BCUT2D eigenvalue weighted by Gasteiger charge is -2.01. The van der Waals surface area contributed by atoms with Crippen molar-refractivity contribution in [2.75, 3.05) is 7.11 Å². The highest BCUT2D eigenvalue weighted by Crippen LogP contribution is 2.17. The van der Waals surface area contributed by atoms with Gasteiger partial charge < -0.3 is 9.84 Å². The van der Waals surface area contributed by atoms with E-state index in [0.29, 0.717) is 17.7 Å². The molecule has 0 spiro atoms. The molecule has 0 aliphatic heterocycles. The fraction of sp³-hybridized carbons (Fsp3) is 0.250. The number of carboxylic acids is 1. The summed E-state index contributed by atoms with van der Waals surface area (Å²) in [6, 6.07) is 4.53. The Morgan fingerprint density at radius 3 is 2.88 bits per heavy atom. The molecule has 0 amide bonds. The first-order valence-corrected chi connectivity index (χ1v) is 4.85. The molecule has 0 heterocycles. The van der Waals surface area contributed by atoms with Crippen molar-refractivity contribution in [1.29, 1.82) is 0 Å². The number of rotatable bonds is 5. The van der Waals surface area contributed by atoms with E-state index in [-0.39, 0.29) is 12.2 Å². The van der Waals surface area contributed by atoms with Gasteiger partial charge in [0.2, 0.25) is 0 Å². The van der Waals surface area contributed by atoms with Gasteiger partial charge in [-0.3, -0.25) is 4.79 Å². The van der Waals surface area contributed by atoms with Crippen LogP contribution < -0.4 is 4.74 Å². The third kappa shape index (κ3) is 3.73. The highest BCUT2D eigenvalue weighted by atomic mass is 19.1. The maximum atomic E-state index is 13.4. The molecule has 0 aromatic heterocycles. The molecule has 0 saturated heterocycles. The number of allylic oxidation sites excluding steroid dienone is 1. The lowest BCUT2D eigenvalue weighted by Crippen LogP contribution is -1.91. The zero-order chi connectivity index (χ0) is 12.0. The van der Waals surface area contributed by atoms with Crippen LogP contribution in [0.5, 0.6) is 5.75 Å². The smallest absolute Gasteiger partial charge is 0.303 e. The minimum atomic E-state index is -0.861. The maximum Gasteiger partial charge on any atom is 0.303 e. The number of hydrogen-bond donors (Lipinski definition) is 1. The van der Waals surface area contributed by atoms with Gasteiger partial charge in [0, 0.05) is 18.1 Å². The van der Waals surface area contributed by atoms with Crippen LogP contribution in [0.25, 0.3) is 6.08 Å². The second-order valence-electron chi connectivity index (χ2n) is 3.22. The molecule has 1 rings (SSSR count). The van der Waals surface area contributed by atoms with E-state index in [9.17, 15) is 9.18 Å². The average molecular weight is 224 g/mol. The predicted molar refractivity (Wildman–Crippen MR) is 58.9 cm³/mol. The van der Waals surface area contributed by atoms with Gasteiger partial charge >= 0.3 is 5.97 Å². The van der Waals surface area contributed by atoms with Gasteiger partial charge in [-0.25, -0.2) is 4.39 Å². The van der Waals surface area contributed by atoms with Crippen LogP contribution >= 0.6 is 0 Å². The van der Waals surface area contributed by atoms with Gasteiger partial charge in [-0.2, -0.15) is 0 Å². The largest absolute Gasteiger partial charge is 0.497 e. The second kappa shape index (κ2) is 5.90. The minimum absolute atomic E-state index is 0.0499. The van der Waals surface area contributed by atoms with Crippen LogP contribution in [0.3, 0.4) is 0 Å². The summed E-state index contributed by atoms with van der Waals surface area (Å²) in [5, 5.41) is 8.41. The van der Waals surface area contributed by atoms with Gasteiger partial charge in [0.1, 0.15) is 11.6 Å². The van der Waals surface area contributed by atoms with E-state index in [4.69, 9.17) is 9.84 Å². The standard InChI is InChI=1S/C12H13FO3/c1-16-10-7-6-9(11(13)8-10)4-2-3-5-12(14)15/h2,4,6-8H,3,5H2,1H3,(H,14,15). The number of aliphatic carboxylic acids is 1. The zero-order valence-electron chi connectivity index (χ0n) is 8.94. The SMILES string of the molecule is COc1ccc(C=CCCC(=O)O)c(F)c1. The first-order chi connectivity index (χ1) is 7.63. The molecule has 4 heteroatoms. The maximum absolute atomic E-state index is 13.4. The number of carboxylic acid groups (broad SMARTS) is 1. The summed E-state index contributed by atoms with van der Waals surface area (Å²) in [7, 11) is 1.47. The number of methoxy groups -OCH3 is 1. The van der Waals surface area contributed by atoms with Crippen LogP contribution in [0, 0.1) is 5.82 Å². The Bertz CT molecular complexity index is 399. The molecular formula is C12H13FO3. The van der Waals surface area contributed by atoms with Gasteiger partial charge in [-0.05, 0) is 18.6 Å². The van der Waals surface area contributed by atoms with Gasteiger partial charge in [0.05, 0.1) is 7.11 Å². The molecule has 16 heavy (non-hydrogen) atoms. The monoisotopic (exact) mass is 224 g/mol. The van der Waals surface area contributed by atoms with Crippen molar-refractivity contribution in [2.24, 2.45) is 0 Å². The predicted octanol–water partition coefficient (Wildman–Crippen LogP) is 2.71. The summed E-state index contributed by atoms with van der Waals surface area (Å²) in [6.45, 7) is 0. The molecule has 0 unspecified atom stereocenters. The van der Waals surface area contributed by atoms with Crippen molar-refractivity contribution in [3.05, 3.63) is 35.7 Å². The van der Waals surface area contributed by atoms with E-state index in [1.54, 1.807) is 24.3 Å². The highest BCUT2D eigenvalue weighted by molar-refractivity contribution is 5.67. The Kier molecular flexibility index (Phi) is 4.51. The summed E-state index contributed by atoms with van der Waals surface area (Å²) in [4.78, 5) is 10.2. The number of carbonyl (C=O) groups is 1. The third-order valence-electron chi connectivity index (χ3n) is 2.03. The van der Waals surface area contributed by atoms with Crippen LogP contribution in [0.15, 0.2) is 24.3 Å².